The molecular weight excluding hydrogens is 278 g/mol. The maximum absolute atomic E-state index is 12.2. The Balaban J connectivity index is 2.05. The molecule has 1 amide bonds. The molecule has 0 unspecified atom stereocenters. The molecule has 0 aromatic heterocycles. The summed E-state index contributed by atoms with van der Waals surface area (Å²) in [6.07, 6.45) is 0.898. The van der Waals surface area contributed by atoms with Crippen molar-refractivity contribution in [2.45, 2.75) is 32.2 Å². The second-order valence-corrected chi connectivity index (χ2v) is 6.00. The van der Waals surface area contributed by atoms with Gasteiger partial charge in [0.1, 0.15) is 5.54 Å². The molecule has 0 heterocycles. The summed E-state index contributed by atoms with van der Waals surface area (Å²) in [5, 5.41) is 11.5. The maximum atomic E-state index is 12.2. The van der Waals surface area contributed by atoms with Crippen molar-refractivity contribution in [3.05, 3.63) is 48.0 Å². The zero-order chi connectivity index (χ0) is 16.3. The Bertz CT molecular complexity index is 706. The van der Waals surface area contributed by atoms with E-state index in [1.807, 2.05) is 36.4 Å². The normalized spacial score (nSPS) is 11.4. The average Bonchev–Trinajstić information content (AvgIpc) is 2.51. The second-order valence-electron chi connectivity index (χ2n) is 6.00. The summed E-state index contributed by atoms with van der Waals surface area (Å²) in [6, 6.07) is 14.2. The number of carboxylic acids is 1. The van der Waals surface area contributed by atoms with E-state index < -0.39 is 11.5 Å². The van der Waals surface area contributed by atoms with E-state index >= 15 is 0 Å². The van der Waals surface area contributed by atoms with E-state index in [0.717, 1.165) is 10.9 Å². The van der Waals surface area contributed by atoms with Gasteiger partial charge in [-0.05, 0) is 36.6 Å². The summed E-state index contributed by atoms with van der Waals surface area (Å²) in [5.41, 5.74) is -0.117. The van der Waals surface area contributed by atoms with Crippen molar-refractivity contribution in [3.63, 3.8) is 0 Å². The van der Waals surface area contributed by atoms with Crippen LogP contribution in [0.5, 0.6) is 0 Å². The molecule has 0 aliphatic carbocycles. The molecule has 22 heavy (non-hydrogen) atoms. The van der Waals surface area contributed by atoms with Gasteiger partial charge < -0.3 is 10.0 Å². The fraction of sp³-hybridized carbons (Fsp3) is 0.333. The van der Waals surface area contributed by atoms with Crippen LogP contribution in [0.25, 0.3) is 10.8 Å². The van der Waals surface area contributed by atoms with Gasteiger partial charge in [0.15, 0.2) is 0 Å². The number of aliphatic carboxylic acids is 1. The van der Waals surface area contributed by atoms with Crippen molar-refractivity contribution >= 4 is 22.6 Å². The fourth-order valence-electron chi connectivity index (χ4n) is 2.27. The number of benzene rings is 2. The molecule has 116 valence electrons. The quantitative estimate of drug-likeness (QED) is 0.923. The monoisotopic (exact) mass is 299 g/mol. The highest BCUT2D eigenvalue weighted by Crippen LogP contribution is 2.18. The Labute approximate surface area is 130 Å². The van der Waals surface area contributed by atoms with Crippen molar-refractivity contribution in [2.24, 2.45) is 0 Å². The van der Waals surface area contributed by atoms with E-state index in [0.29, 0.717) is 12.8 Å². The van der Waals surface area contributed by atoms with Gasteiger partial charge in [0.2, 0.25) is 5.91 Å². The molecule has 0 bridgehead atoms. The van der Waals surface area contributed by atoms with Gasteiger partial charge in [-0.25, -0.2) is 4.79 Å². The van der Waals surface area contributed by atoms with Crippen molar-refractivity contribution < 1.29 is 14.7 Å². The molecule has 4 heteroatoms. The average molecular weight is 299 g/mol. The number of likely N-dealkylation sites (N-methyl/N-ethyl adjacent to an activating group) is 1. The van der Waals surface area contributed by atoms with E-state index in [-0.39, 0.29) is 5.91 Å². The molecule has 2 aromatic rings. The number of fused-ring (bicyclic) bond motifs is 1. The van der Waals surface area contributed by atoms with Crippen molar-refractivity contribution in [3.8, 4) is 0 Å². The SMILES string of the molecule is CN(C(=O)CCc1ccc2ccccc2c1)C(C)(C)C(=O)O. The van der Waals surface area contributed by atoms with Gasteiger partial charge in [0.05, 0.1) is 0 Å². The van der Waals surface area contributed by atoms with Gasteiger partial charge in [-0.3, -0.25) is 4.79 Å². The molecule has 0 saturated heterocycles. The van der Waals surface area contributed by atoms with Crippen LogP contribution >= 0.6 is 0 Å². The van der Waals surface area contributed by atoms with Gasteiger partial charge >= 0.3 is 5.97 Å². The van der Waals surface area contributed by atoms with E-state index in [4.69, 9.17) is 0 Å². The number of carbonyl (C=O) groups excluding carboxylic acids is 1. The van der Waals surface area contributed by atoms with Crippen LogP contribution in [0, 0.1) is 0 Å². The number of nitrogens with zero attached hydrogens (tertiary/aromatic N) is 1. The van der Waals surface area contributed by atoms with Gasteiger partial charge in [-0.2, -0.15) is 0 Å². The number of aryl methyl sites for hydroxylation is 1. The highest BCUT2D eigenvalue weighted by Gasteiger charge is 2.34. The van der Waals surface area contributed by atoms with Crippen LogP contribution in [0.1, 0.15) is 25.8 Å². The third kappa shape index (κ3) is 3.27. The lowest BCUT2D eigenvalue weighted by molar-refractivity contribution is -0.155. The molecule has 0 aliphatic rings. The first-order valence-electron chi connectivity index (χ1n) is 7.30. The summed E-state index contributed by atoms with van der Waals surface area (Å²) < 4.78 is 0. The Morgan fingerprint density at radius 1 is 1.09 bits per heavy atom. The molecule has 0 saturated carbocycles. The first-order chi connectivity index (χ1) is 10.3. The highest BCUT2D eigenvalue weighted by molar-refractivity contribution is 5.86. The third-order valence-corrected chi connectivity index (χ3v) is 4.18. The van der Waals surface area contributed by atoms with Gasteiger partial charge in [-0.15, -0.1) is 0 Å². The number of amides is 1. The maximum Gasteiger partial charge on any atom is 0.329 e. The fourth-order valence-corrected chi connectivity index (χ4v) is 2.27. The topological polar surface area (TPSA) is 57.6 Å². The van der Waals surface area contributed by atoms with E-state index in [2.05, 4.69) is 6.07 Å². The second kappa shape index (κ2) is 6.18. The molecular formula is C18H21NO3. The Morgan fingerprint density at radius 2 is 1.73 bits per heavy atom. The Morgan fingerprint density at radius 3 is 2.36 bits per heavy atom. The molecule has 0 spiro atoms. The number of carboxylic acid groups (broad SMARTS) is 1. The lowest BCUT2D eigenvalue weighted by Crippen LogP contribution is -2.50. The minimum Gasteiger partial charge on any atom is -0.480 e. The molecule has 1 N–H and O–H groups in total. The number of carbonyl (C=O) groups is 2. The first-order valence-corrected chi connectivity index (χ1v) is 7.30. The smallest absolute Gasteiger partial charge is 0.329 e. The van der Waals surface area contributed by atoms with Gasteiger partial charge in [0.25, 0.3) is 0 Å². The molecule has 2 aromatic carbocycles. The minimum absolute atomic E-state index is 0.166. The van der Waals surface area contributed by atoms with Gasteiger partial charge in [0, 0.05) is 13.5 Å². The third-order valence-electron chi connectivity index (χ3n) is 4.18. The van der Waals surface area contributed by atoms with Crippen LogP contribution in [0.3, 0.4) is 0 Å². The minimum atomic E-state index is -1.19. The van der Waals surface area contributed by atoms with Crippen LogP contribution in [0.4, 0.5) is 0 Å². The number of hydrogen-bond donors (Lipinski definition) is 1. The molecule has 0 fully saturated rings. The summed E-state index contributed by atoms with van der Waals surface area (Å²) in [6.45, 7) is 3.06. The molecule has 0 aliphatic heterocycles. The summed E-state index contributed by atoms with van der Waals surface area (Å²) >= 11 is 0. The predicted molar refractivity (Wildman–Crippen MR) is 86.8 cm³/mol. The van der Waals surface area contributed by atoms with Crippen LogP contribution in [0.2, 0.25) is 0 Å². The summed E-state index contributed by atoms with van der Waals surface area (Å²) in [7, 11) is 1.54. The highest BCUT2D eigenvalue weighted by atomic mass is 16.4. The van der Waals surface area contributed by atoms with Crippen molar-refractivity contribution in [2.75, 3.05) is 7.05 Å². The first kappa shape index (κ1) is 16.0. The summed E-state index contributed by atoms with van der Waals surface area (Å²) in [4.78, 5) is 24.7. The lowest BCUT2D eigenvalue weighted by atomic mass is 10.0. The zero-order valence-electron chi connectivity index (χ0n) is 13.2. The lowest BCUT2D eigenvalue weighted by Gasteiger charge is -2.31. The standard InChI is InChI=1S/C18H21NO3/c1-18(2,17(21)22)19(3)16(20)11-9-13-8-10-14-6-4-5-7-15(14)12-13/h4-8,10,12H,9,11H2,1-3H3,(H,21,22). The number of hydrogen-bond acceptors (Lipinski definition) is 2. The van der Waals surface area contributed by atoms with E-state index in [1.54, 1.807) is 0 Å². The van der Waals surface area contributed by atoms with E-state index in [1.165, 1.54) is 31.2 Å². The molecule has 4 nitrogen and oxygen atoms in total. The van der Waals surface area contributed by atoms with Gasteiger partial charge in [-0.1, -0.05) is 42.5 Å². The van der Waals surface area contributed by atoms with Crippen LogP contribution in [0.15, 0.2) is 42.5 Å². The number of rotatable bonds is 5. The van der Waals surface area contributed by atoms with Crippen LogP contribution < -0.4 is 0 Å². The molecule has 0 radical (unpaired) electrons. The predicted octanol–water partition coefficient (Wildman–Crippen LogP) is 3.09. The molecule has 2 rings (SSSR count). The van der Waals surface area contributed by atoms with E-state index in [9.17, 15) is 14.7 Å². The van der Waals surface area contributed by atoms with Crippen LogP contribution in [-0.4, -0.2) is 34.5 Å². The Kier molecular flexibility index (Phi) is 4.50. The largest absolute Gasteiger partial charge is 0.480 e. The summed E-state index contributed by atoms with van der Waals surface area (Å²) in [5.74, 6) is -1.17. The van der Waals surface area contributed by atoms with Crippen LogP contribution in [-0.2, 0) is 16.0 Å². The Hall–Kier alpha value is -2.36. The molecule has 0 atom stereocenters. The van der Waals surface area contributed by atoms with Crippen molar-refractivity contribution in [1.82, 2.24) is 4.90 Å². The zero-order valence-corrected chi connectivity index (χ0v) is 13.2. The van der Waals surface area contributed by atoms with Crippen molar-refractivity contribution in [1.29, 1.82) is 0 Å².